The van der Waals surface area contributed by atoms with Gasteiger partial charge in [0.25, 0.3) is 5.56 Å². The summed E-state index contributed by atoms with van der Waals surface area (Å²) in [5.41, 5.74) is 1.95. The van der Waals surface area contributed by atoms with Gasteiger partial charge in [-0.3, -0.25) is 9.59 Å². The highest BCUT2D eigenvalue weighted by Gasteiger charge is 2.19. The number of rotatable bonds is 5. The highest BCUT2D eigenvalue weighted by atomic mass is 32.2. The molecule has 0 fully saturated rings. The normalized spacial score (nSPS) is 11.8. The Morgan fingerprint density at radius 1 is 1.04 bits per heavy atom. The first-order valence-electron chi connectivity index (χ1n) is 8.19. The van der Waals surface area contributed by atoms with E-state index in [1.54, 1.807) is 24.8 Å². The first kappa shape index (κ1) is 17.9. The summed E-state index contributed by atoms with van der Waals surface area (Å²) in [5, 5.41) is 7.27. The van der Waals surface area contributed by atoms with Gasteiger partial charge >= 0.3 is 0 Å². The van der Waals surface area contributed by atoms with Crippen molar-refractivity contribution in [2.45, 2.75) is 17.9 Å². The second-order valence-electron chi connectivity index (χ2n) is 5.73. The first-order valence-corrected chi connectivity index (χ1v) is 9.42. The molecule has 1 amide bonds. The fourth-order valence-corrected chi connectivity index (χ4v) is 3.12. The maximum absolute atomic E-state index is 12.7. The van der Waals surface area contributed by atoms with Gasteiger partial charge in [-0.15, -0.1) is 11.8 Å². The number of hydrogen-bond acceptors (Lipinski definition) is 4. The van der Waals surface area contributed by atoms with E-state index >= 15 is 0 Å². The number of benzene rings is 2. The van der Waals surface area contributed by atoms with Gasteiger partial charge in [-0.1, -0.05) is 42.5 Å². The van der Waals surface area contributed by atoms with E-state index in [0.717, 1.165) is 16.1 Å². The summed E-state index contributed by atoms with van der Waals surface area (Å²) in [7, 11) is 0. The summed E-state index contributed by atoms with van der Waals surface area (Å²) in [5.74, 6) is -0.286. The number of carbonyl (C=O) groups excluding carboxylic acids is 1. The highest BCUT2D eigenvalue weighted by Crippen LogP contribution is 2.25. The fourth-order valence-electron chi connectivity index (χ4n) is 2.56. The van der Waals surface area contributed by atoms with Gasteiger partial charge in [0.05, 0.1) is 11.4 Å². The van der Waals surface area contributed by atoms with Gasteiger partial charge in [-0.25, -0.2) is 4.68 Å². The van der Waals surface area contributed by atoms with E-state index in [-0.39, 0.29) is 11.5 Å². The van der Waals surface area contributed by atoms with E-state index in [1.807, 2.05) is 60.9 Å². The number of carbonyl (C=O) groups is 1. The molecular weight excluding hydrogens is 346 g/mol. The van der Waals surface area contributed by atoms with Crippen molar-refractivity contribution in [3.8, 4) is 11.3 Å². The number of anilines is 1. The Morgan fingerprint density at radius 2 is 1.73 bits per heavy atom. The number of nitrogens with zero attached hydrogens (tertiary/aromatic N) is 2. The highest BCUT2D eigenvalue weighted by molar-refractivity contribution is 7.98. The molecule has 5 nitrogen and oxygen atoms in total. The number of nitrogens with one attached hydrogen (secondary N) is 1. The molecule has 0 aliphatic rings. The standard InChI is InChI=1S/C20H19N3O2S/c1-14(20(25)21-17-10-6-7-11-18(17)26-2)23-19(24)13-12-16(22-23)15-8-4-3-5-9-15/h3-14H,1-2H3,(H,21,25). The average molecular weight is 365 g/mol. The zero-order valence-corrected chi connectivity index (χ0v) is 15.4. The van der Waals surface area contributed by atoms with Crippen molar-refractivity contribution < 1.29 is 4.79 Å². The quantitative estimate of drug-likeness (QED) is 0.698. The summed E-state index contributed by atoms with van der Waals surface area (Å²) >= 11 is 1.55. The van der Waals surface area contributed by atoms with Crippen molar-refractivity contribution >= 4 is 23.4 Å². The van der Waals surface area contributed by atoms with Crippen LogP contribution in [0.2, 0.25) is 0 Å². The Morgan fingerprint density at radius 3 is 2.46 bits per heavy atom. The summed E-state index contributed by atoms with van der Waals surface area (Å²) in [6.45, 7) is 1.67. The zero-order valence-electron chi connectivity index (χ0n) is 14.5. The largest absolute Gasteiger partial charge is 0.323 e. The van der Waals surface area contributed by atoms with Crippen LogP contribution in [0.25, 0.3) is 11.3 Å². The molecule has 0 saturated carbocycles. The summed E-state index contributed by atoms with van der Waals surface area (Å²) in [6, 6.07) is 19.5. The molecule has 0 aliphatic carbocycles. The minimum absolute atomic E-state index is 0.286. The van der Waals surface area contributed by atoms with E-state index < -0.39 is 6.04 Å². The van der Waals surface area contributed by atoms with E-state index in [9.17, 15) is 9.59 Å². The Bertz CT molecular complexity index is 970. The molecule has 1 heterocycles. The fraction of sp³-hybridized carbons (Fsp3) is 0.150. The van der Waals surface area contributed by atoms with Gasteiger partial charge in [0.2, 0.25) is 5.91 Å². The molecule has 0 bridgehead atoms. The van der Waals surface area contributed by atoms with Gasteiger partial charge in [0.1, 0.15) is 6.04 Å². The maximum atomic E-state index is 12.7. The monoisotopic (exact) mass is 365 g/mol. The Kier molecular flexibility index (Phi) is 5.53. The van der Waals surface area contributed by atoms with Crippen molar-refractivity contribution in [3.63, 3.8) is 0 Å². The van der Waals surface area contributed by atoms with Crippen molar-refractivity contribution in [3.05, 3.63) is 77.1 Å². The first-order chi connectivity index (χ1) is 12.6. The minimum atomic E-state index is -0.735. The molecular formula is C20H19N3O2S. The maximum Gasteiger partial charge on any atom is 0.267 e. The molecule has 2 aromatic carbocycles. The number of aromatic nitrogens is 2. The van der Waals surface area contributed by atoms with Crippen LogP contribution >= 0.6 is 11.8 Å². The molecule has 0 radical (unpaired) electrons. The second-order valence-corrected chi connectivity index (χ2v) is 6.58. The predicted molar refractivity (Wildman–Crippen MR) is 105 cm³/mol. The van der Waals surface area contributed by atoms with Crippen LogP contribution in [0.5, 0.6) is 0 Å². The molecule has 0 aliphatic heterocycles. The molecule has 1 N–H and O–H groups in total. The lowest BCUT2D eigenvalue weighted by molar-refractivity contribution is -0.119. The topological polar surface area (TPSA) is 64.0 Å². The molecule has 0 saturated heterocycles. The van der Waals surface area contributed by atoms with Crippen molar-refractivity contribution in [1.29, 1.82) is 0 Å². The lowest BCUT2D eigenvalue weighted by Gasteiger charge is -2.16. The number of thioether (sulfide) groups is 1. The summed E-state index contributed by atoms with van der Waals surface area (Å²) < 4.78 is 1.22. The van der Waals surface area contributed by atoms with Gasteiger partial charge in [-0.05, 0) is 31.4 Å². The Balaban J connectivity index is 1.88. The van der Waals surface area contributed by atoms with Crippen LogP contribution in [-0.2, 0) is 4.79 Å². The smallest absolute Gasteiger partial charge is 0.267 e. The molecule has 6 heteroatoms. The van der Waals surface area contributed by atoms with Gasteiger partial charge in [0.15, 0.2) is 0 Å². The van der Waals surface area contributed by atoms with Crippen LogP contribution in [0.4, 0.5) is 5.69 Å². The minimum Gasteiger partial charge on any atom is -0.323 e. The lowest BCUT2D eigenvalue weighted by Crippen LogP contribution is -2.33. The average Bonchev–Trinajstić information content (AvgIpc) is 2.69. The van der Waals surface area contributed by atoms with Crippen LogP contribution < -0.4 is 10.9 Å². The van der Waals surface area contributed by atoms with Crippen LogP contribution in [-0.4, -0.2) is 21.9 Å². The molecule has 1 unspecified atom stereocenters. The zero-order chi connectivity index (χ0) is 18.5. The van der Waals surface area contributed by atoms with Crippen LogP contribution in [0.15, 0.2) is 76.4 Å². The molecule has 1 aromatic heterocycles. The third kappa shape index (κ3) is 3.86. The predicted octanol–water partition coefficient (Wildman–Crippen LogP) is 3.83. The second kappa shape index (κ2) is 8.01. The molecule has 132 valence electrons. The van der Waals surface area contributed by atoms with Crippen molar-refractivity contribution in [2.24, 2.45) is 0 Å². The van der Waals surface area contributed by atoms with Crippen LogP contribution in [0, 0.1) is 0 Å². The molecule has 1 atom stereocenters. The van der Waals surface area contributed by atoms with Crippen molar-refractivity contribution in [1.82, 2.24) is 9.78 Å². The molecule has 26 heavy (non-hydrogen) atoms. The SMILES string of the molecule is CSc1ccccc1NC(=O)C(C)n1nc(-c2ccccc2)ccc1=O. The number of amides is 1. The molecule has 3 rings (SSSR count). The number of para-hydroxylation sites is 1. The Hall–Kier alpha value is -2.86. The molecule has 0 spiro atoms. The summed E-state index contributed by atoms with van der Waals surface area (Å²) in [4.78, 5) is 25.9. The van der Waals surface area contributed by atoms with Crippen molar-refractivity contribution in [2.75, 3.05) is 11.6 Å². The van der Waals surface area contributed by atoms with Crippen LogP contribution in [0.3, 0.4) is 0 Å². The number of hydrogen-bond donors (Lipinski definition) is 1. The molecule has 3 aromatic rings. The van der Waals surface area contributed by atoms with E-state index in [1.165, 1.54) is 10.7 Å². The van der Waals surface area contributed by atoms with Gasteiger partial charge in [0, 0.05) is 16.5 Å². The third-order valence-corrected chi connectivity index (χ3v) is 4.80. The van der Waals surface area contributed by atoms with Gasteiger partial charge < -0.3 is 5.32 Å². The van der Waals surface area contributed by atoms with E-state index in [2.05, 4.69) is 10.4 Å². The van der Waals surface area contributed by atoms with Gasteiger partial charge in [-0.2, -0.15) is 5.10 Å². The van der Waals surface area contributed by atoms with Crippen LogP contribution in [0.1, 0.15) is 13.0 Å². The van der Waals surface area contributed by atoms with E-state index in [0.29, 0.717) is 5.69 Å². The third-order valence-electron chi connectivity index (χ3n) is 4.01. The Labute approximate surface area is 156 Å². The summed E-state index contributed by atoms with van der Waals surface area (Å²) in [6.07, 6.45) is 1.95. The lowest BCUT2D eigenvalue weighted by atomic mass is 10.1. The van der Waals surface area contributed by atoms with E-state index in [4.69, 9.17) is 0 Å².